The zero-order valence-electron chi connectivity index (χ0n) is 14.1. The fourth-order valence-electron chi connectivity index (χ4n) is 2.88. The van der Waals surface area contributed by atoms with Crippen molar-refractivity contribution < 1.29 is 8.83 Å². The molecule has 0 fully saturated rings. The summed E-state index contributed by atoms with van der Waals surface area (Å²) in [5.74, 6) is 1.25. The van der Waals surface area contributed by atoms with Crippen molar-refractivity contribution in [2.75, 3.05) is 0 Å². The standard InChI is InChI=1S/C19H13N3O3S2/c1-10(27-19-20-12-5-2-3-6-14(12)25-19)16-21-17(23)15-11(9-26-18(15)22-16)13-7-4-8-24-13/h2-10H,1H3,(H,21,22,23). The molecule has 134 valence electrons. The Morgan fingerprint density at radius 3 is 2.89 bits per heavy atom. The monoisotopic (exact) mass is 395 g/mol. The number of hydrogen-bond donors (Lipinski definition) is 1. The minimum absolute atomic E-state index is 0.121. The normalized spacial score (nSPS) is 12.8. The lowest BCUT2D eigenvalue weighted by molar-refractivity contribution is 0.488. The third kappa shape index (κ3) is 2.87. The van der Waals surface area contributed by atoms with Gasteiger partial charge in [-0.1, -0.05) is 23.9 Å². The Hall–Kier alpha value is -2.84. The number of nitrogens with one attached hydrogen (secondary N) is 1. The highest BCUT2D eigenvalue weighted by atomic mass is 32.2. The Bertz CT molecular complexity index is 1270. The van der Waals surface area contributed by atoms with Gasteiger partial charge in [0.05, 0.1) is 16.9 Å². The molecule has 1 N–H and O–H groups in total. The first-order valence-electron chi connectivity index (χ1n) is 8.26. The van der Waals surface area contributed by atoms with E-state index < -0.39 is 0 Å². The minimum Gasteiger partial charge on any atom is -0.464 e. The second-order valence-corrected chi connectivity index (χ2v) is 8.12. The third-order valence-electron chi connectivity index (χ3n) is 4.19. The number of thioether (sulfide) groups is 1. The maximum absolute atomic E-state index is 12.7. The molecule has 6 nitrogen and oxygen atoms in total. The van der Waals surface area contributed by atoms with E-state index in [1.54, 1.807) is 12.3 Å². The quantitative estimate of drug-likeness (QED) is 0.419. The number of aromatic amines is 1. The molecule has 5 aromatic rings. The average Bonchev–Trinajstić information content (AvgIpc) is 3.39. The van der Waals surface area contributed by atoms with Crippen LogP contribution in [0.3, 0.4) is 0 Å². The van der Waals surface area contributed by atoms with Gasteiger partial charge in [0.15, 0.2) is 5.58 Å². The molecule has 4 aromatic heterocycles. The van der Waals surface area contributed by atoms with Gasteiger partial charge < -0.3 is 13.8 Å². The molecule has 0 aliphatic carbocycles. The maximum atomic E-state index is 12.7. The topological polar surface area (TPSA) is 84.9 Å². The highest BCUT2D eigenvalue weighted by Crippen LogP contribution is 2.36. The van der Waals surface area contributed by atoms with Crippen molar-refractivity contribution in [3.05, 3.63) is 64.2 Å². The van der Waals surface area contributed by atoms with Gasteiger partial charge in [0.1, 0.15) is 21.9 Å². The third-order valence-corrected chi connectivity index (χ3v) is 6.01. The van der Waals surface area contributed by atoms with Gasteiger partial charge in [-0.05, 0) is 31.2 Å². The number of para-hydroxylation sites is 2. The fraction of sp³-hybridized carbons (Fsp3) is 0.105. The molecule has 0 spiro atoms. The number of H-pyrrole nitrogens is 1. The summed E-state index contributed by atoms with van der Waals surface area (Å²) < 4.78 is 11.2. The van der Waals surface area contributed by atoms with Crippen LogP contribution in [-0.2, 0) is 0 Å². The Labute approximate surface area is 161 Å². The number of thiophene rings is 1. The predicted molar refractivity (Wildman–Crippen MR) is 106 cm³/mol. The van der Waals surface area contributed by atoms with Crippen LogP contribution < -0.4 is 5.56 Å². The lowest BCUT2D eigenvalue weighted by Crippen LogP contribution is -2.12. The summed E-state index contributed by atoms with van der Waals surface area (Å²) in [6.07, 6.45) is 1.59. The molecule has 4 heterocycles. The number of oxazole rings is 1. The molecule has 0 saturated heterocycles. The molecule has 1 aromatic carbocycles. The first kappa shape index (κ1) is 16.3. The maximum Gasteiger partial charge on any atom is 0.260 e. The van der Waals surface area contributed by atoms with Crippen molar-refractivity contribution in [2.24, 2.45) is 0 Å². The van der Waals surface area contributed by atoms with Gasteiger partial charge in [-0.15, -0.1) is 11.3 Å². The van der Waals surface area contributed by atoms with Crippen LogP contribution >= 0.6 is 23.1 Å². The van der Waals surface area contributed by atoms with Gasteiger partial charge >= 0.3 is 0 Å². The van der Waals surface area contributed by atoms with Crippen molar-refractivity contribution in [1.82, 2.24) is 15.0 Å². The number of hydrogen-bond acceptors (Lipinski definition) is 7. The number of aromatic nitrogens is 3. The zero-order valence-corrected chi connectivity index (χ0v) is 15.8. The van der Waals surface area contributed by atoms with E-state index in [2.05, 4.69) is 15.0 Å². The van der Waals surface area contributed by atoms with Crippen LogP contribution in [-0.4, -0.2) is 15.0 Å². The second-order valence-electron chi connectivity index (χ2n) is 5.97. The van der Waals surface area contributed by atoms with Gasteiger partial charge in [0, 0.05) is 10.9 Å². The van der Waals surface area contributed by atoms with Gasteiger partial charge in [-0.2, -0.15) is 0 Å². The highest BCUT2D eigenvalue weighted by molar-refractivity contribution is 7.99. The molecular formula is C19H13N3O3S2. The molecule has 27 heavy (non-hydrogen) atoms. The van der Waals surface area contributed by atoms with Crippen LogP contribution in [0.4, 0.5) is 0 Å². The van der Waals surface area contributed by atoms with E-state index in [1.807, 2.05) is 42.6 Å². The highest BCUT2D eigenvalue weighted by Gasteiger charge is 2.19. The first-order valence-corrected chi connectivity index (χ1v) is 10.0. The van der Waals surface area contributed by atoms with E-state index in [0.717, 1.165) is 16.7 Å². The lowest BCUT2D eigenvalue weighted by atomic mass is 10.2. The number of fused-ring (bicyclic) bond motifs is 2. The Morgan fingerprint density at radius 1 is 1.19 bits per heavy atom. The van der Waals surface area contributed by atoms with Crippen LogP contribution in [0.5, 0.6) is 0 Å². The lowest BCUT2D eigenvalue weighted by Gasteiger charge is -2.07. The number of rotatable bonds is 4. The van der Waals surface area contributed by atoms with E-state index in [4.69, 9.17) is 8.83 Å². The van der Waals surface area contributed by atoms with Crippen LogP contribution in [0.15, 0.2) is 66.9 Å². The van der Waals surface area contributed by atoms with E-state index in [-0.39, 0.29) is 10.8 Å². The van der Waals surface area contributed by atoms with Crippen molar-refractivity contribution >= 4 is 44.4 Å². The Kier molecular flexibility index (Phi) is 3.87. The molecule has 0 bridgehead atoms. The van der Waals surface area contributed by atoms with Crippen LogP contribution in [0, 0.1) is 0 Å². The van der Waals surface area contributed by atoms with E-state index >= 15 is 0 Å². The molecule has 0 aliphatic heterocycles. The van der Waals surface area contributed by atoms with Crippen molar-refractivity contribution in [1.29, 1.82) is 0 Å². The van der Waals surface area contributed by atoms with Gasteiger partial charge in [-0.3, -0.25) is 4.79 Å². The van der Waals surface area contributed by atoms with Crippen molar-refractivity contribution in [3.8, 4) is 11.3 Å². The molecule has 1 atom stereocenters. The first-order chi connectivity index (χ1) is 13.2. The minimum atomic E-state index is -0.173. The summed E-state index contributed by atoms with van der Waals surface area (Å²) in [5, 5.41) is 2.88. The molecule has 5 rings (SSSR count). The summed E-state index contributed by atoms with van der Waals surface area (Å²) in [6, 6.07) is 11.2. The molecule has 1 unspecified atom stereocenters. The molecule has 0 aliphatic rings. The summed E-state index contributed by atoms with van der Waals surface area (Å²) in [7, 11) is 0. The van der Waals surface area contributed by atoms with Crippen molar-refractivity contribution in [2.45, 2.75) is 17.4 Å². The summed E-state index contributed by atoms with van der Waals surface area (Å²) in [6.45, 7) is 1.96. The van der Waals surface area contributed by atoms with Crippen LogP contribution in [0.25, 0.3) is 32.6 Å². The average molecular weight is 395 g/mol. The van der Waals surface area contributed by atoms with E-state index in [0.29, 0.717) is 27.0 Å². The largest absolute Gasteiger partial charge is 0.464 e. The fourth-order valence-corrected chi connectivity index (χ4v) is 4.63. The number of benzene rings is 1. The molecule has 0 radical (unpaired) electrons. The zero-order chi connectivity index (χ0) is 18.4. The van der Waals surface area contributed by atoms with Crippen LogP contribution in [0.1, 0.15) is 18.0 Å². The van der Waals surface area contributed by atoms with Gasteiger partial charge in [0.2, 0.25) is 0 Å². The van der Waals surface area contributed by atoms with Crippen LogP contribution in [0.2, 0.25) is 0 Å². The number of furan rings is 1. The molecule has 8 heteroatoms. The summed E-state index contributed by atoms with van der Waals surface area (Å²) >= 11 is 2.85. The number of nitrogens with zero attached hydrogens (tertiary/aromatic N) is 2. The predicted octanol–water partition coefficient (Wildman–Crippen LogP) is 5.24. The smallest absolute Gasteiger partial charge is 0.260 e. The van der Waals surface area contributed by atoms with Gasteiger partial charge in [-0.25, -0.2) is 9.97 Å². The second kappa shape index (κ2) is 6.40. The summed E-state index contributed by atoms with van der Waals surface area (Å²) in [4.78, 5) is 25.4. The summed E-state index contributed by atoms with van der Waals surface area (Å²) in [5.41, 5.74) is 2.14. The van der Waals surface area contributed by atoms with E-state index in [9.17, 15) is 4.79 Å². The van der Waals surface area contributed by atoms with Gasteiger partial charge in [0.25, 0.3) is 10.8 Å². The SMILES string of the molecule is CC(Sc1nc2ccccc2o1)c1nc2scc(-c3ccco3)c2c(=O)[nH]1. The van der Waals surface area contributed by atoms with Crippen molar-refractivity contribution in [3.63, 3.8) is 0 Å². The molecule has 0 amide bonds. The molecular weight excluding hydrogens is 382 g/mol. The van der Waals surface area contributed by atoms with E-state index in [1.165, 1.54) is 23.1 Å². The molecule has 0 saturated carbocycles. The Morgan fingerprint density at radius 2 is 2.07 bits per heavy atom. The Balaban J connectivity index is 1.50.